The predicted octanol–water partition coefficient (Wildman–Crippen LogP) is 1.25. The first kappa shape index (κ1) is 8.13. The SMILES string of the molecule is c1c[nH]c(SC2CCCNC2)n1. The molecule has 12 heavy (non-hydrogen) atoms. The molecular formula is C8H13N3S. The summed E-state index contributed by atoms with van der Waals surface area (Å²) in [6.07, 6.45) is 6.27. The Labute approximate surface area is 76.4 Å². The Balaban J connectivity index is 1.86. The van der Waals surface area contributed by atoms with Crippen LogP contribution < -0.4 is 5.32 Å². The maximum absolute atomic E-state index is 4.19. The van der Waals surface area contributed by atoms with Gasteiger partial charge in [-0.15, -0.1) is 0 Å². The molecule has 1 aliphatic heterocycles. The van der Waals surface area contributed by atoms with Crippen LogP contribution in [0, 0.1) is 0 Å². The van der Waals surface area contributed by atoms with Crippen LogP contribution in [0.2, 0.25) is 0 Å². The molecule has 1 aromatic rings. The molecule has 0 amide bonds. The van der Waals surface area contributed by atoms with Gasteiger partial charge in [0.05, 0.1) is 0 Å². The largest absolute Gasteiger partial charge is 0.340 e. The third kappa shape index (κ3) is 2.01. The van der Waals surface area contributed by atoms with Crippen molar-refractivity contribution in [2.24, 2.45) is 0 Å². The summed E-state index contributed by atoms with van der Waals surface area (Å²) >= 11 is 1.84. The van der Waals surface area contributed by atoms with Crippen LogP contribution in [0.5, 0.6) is 0 Å². The highest BCUT2D eigenvalue weighted by Crippen LogP contribution is 2.23. The maximum Gasteiger partial charge on any atom is 0.165 e. The Bertz CT molecular complexity index is 216. The summed E-state index contributed by atoms with van der Waals surface area (Å²) in [5, 5.41) is 5.13. The van der Waals surface area contributed by atoms with Gasteiger partial charge < -0.3 is 10.3 Å². The van der Waals surface area contributed by atoms with E-state index in [1.165, 1.54) is 19.4 Å². The van der Waals surface area contributed by atoms with E-state index in [0.29, 0.717) is 5.25 Å². The van der Waals surface area contributed by atoms with Gasteiger partial charge in [-0.1, -0.05) is 11.8 Å². The normalized spacial score (nSPS) is 24.2. The van der Waals surface area contributed by atoms with E-state index >= 15 is 0 Å². The molecule has 2 heterocycles. The third-order valence-electron chi connectivity index (χ3n) is 2.00. The number of nitrogens with zero attached hydrogens (tertiary/aromatic N) is 1. The molecule has 0 aromatic carbocycles. The zero-order chi connectivity index (χ0) is 8.23. The smallest absolute Gasteiger partial charge is 0.165 e. The number of hydrogen-bond donors (Lipinski definition) is 2. The molecule has 0 radical (unpaired) electrons. The summed E-state index contributed by atoms with van der Waals surface area (Å²) in [7, 11) is 0. The summed E-state index contributed by atoms with van der Waals surface area (Å²) in [6.45, 7) is 2.29. The topological polar surface area (TPSA) is 40.7 Å². The first-order valence-corrected chi connectivity index (χ1v) is 5.20. The second kappa shape index (κ2) is 3.96. The molecule has 1 aromatic heterocycles. The zero-order valence-electron chi connectivity index (χ0n) is 6.92. The molecular weight excluding hydrogens is 170 g/mol. The van der Waals surface area contributed by atoms with E-state index in [0.717, 1.165) is 11.7 Å². The number of rotatable bonds is 2. The third-order valence-corrected chi connectivity index (χ3v) is 3.19. The van der Waals surface area contributed by atoms with Gasteiger partial charge in [0.1, 0.15) is 0 Å². The Kier molecular flexibility index (Phi) is 2.68. The monoisotopic (exact) mass is 183 g/mol. The van der Waals surface area contributed by atoms with Gasteiger partial charge >= 0.3 is 0 Å². The highest BCUT2D eigenvalue weighted by Gasteiger charge is 2.14. The van der Waals surface area contributed by atoms with E-state index < -0.39 is 0 Å². The van der Waals surface area contributed by atoms with Crippen LogP contribution in [-0.4, -0.2) is 28.3 Å². The fourth-order valence-corrected chi connectivity index (χ4v) is 2.45. The predicted molar refractivity (Wildman–Crippen MR) is 50.3 cm³/mol. The minimum Gasteiger partial charge on any atom is -0.340 e. The van der Waals surface area contributed by atoms with Crippen LogP contribution in [-0.2, 0) is 0 Å². The number of aromatic nitrogens is 2. The van der Waals surface area contributed by atoms with Crippen LogP contribution >= 0.6 is 11.8 Å². The Morgan fingerprint density at radius 2 is 2.58 bits per heavy atom. The summed E-state index contributed by atoms with van der Waals surface area (Å²) in [4.78, 5) is 7.30. The molecule has 2 N–H and O–H groups in total. The Hall–Kier alpha value is -0.480. The van der Waals surface area contributed by atoms with E-state index in [1.54, 1.807) is 6.20 Å². The van der Waals surface area contributed by atoms with E-state index in [9.17, 15) is 0 Å². The first-order chi connectivity index (χ1) is 5.95. The lowest BCUT2D eigenvalue weighted by Crippen LogP contribution is -2.31. The molecule has 4 heteroatoms. The van der Waals surface area contributed by atoms with Crippen molar-refractivity contribution in [2.45, 2.75) is 23.2 Å². The van der Waals surface area contributed by atoms with Gasteiger partial charge in [0, 0.05) is 24.2 Å². The minimum atomic E-state index is 0.699. The van der Waals surface area contributed by atoms with E-state index in [-0.39, 0.29) is 0 Å². The summed E-state index contributed by atoms with van der Waals surface area (Å²) in [5.74, 6) is 0. The van der Waals surface area contributed by atoms with Crippen LogP contribution in [0.1, 0.15) is 12.8 Å². The Morgan fingerprint density at radius 3 is 3.25 bits per heavy atom. The van der Waals surface area contributed by atoms with Gasteiger partial charge in [-0.25, -0.2) is 4.98 Å². The second-order valence-corrected chi connectivity index (χ2v) is 4.27. The van der Waals surface area contributed by atoms with Crippen molar-refractivity contribution in [3.8, 4) is 0 Å². The molecule has 0 spiro atoms. The average Bonchev–Trinajstić information content (AvgIpc) is 2.59. The highest BCUT2D eigenvalue weighted by molar-refractivity contribution is 7.99. The van der Waals surface area contributed by atoms with Gasteiger partial charge in [-0.2, -0.15) is 0 Å². The number of hydrogen-bond acceptors (Lipinski definition) is 3. The number of nitrogens with one attached hydrogen (secondary N) is 2. The van der Waals surface area contributed by atoms with Gasteiger partial charge in [0.2, 0.25) is 0 Å². The van der Waals surface area contributed by atoms with Crippen molar-refractivity contribution < 1.29 is 0 Å². The maximum atomic E-state index is 4.19. The fourth-order valence-electron chi connectivity index (χ4n) is 1.39. The number of imidazole rings is 1. The molecule has 0 aliphatic carbocycles. The van der Waals surface area contributed by atoms with Crippen LogP contribution in [0.15, 0.2) is 17.6 Å². The number of piperidine rings is 1. The van der Waals surface area contributed by atoms with Gasteiger partial charge in [-0.05, 0) is 19.4 Å². The van der Waals surface area contributed by atoms with Crippen molar-refractivity contribution in [3.63, 3.8) is 0 Å². The number of thioether (sulfide) groups is 1. The molecule has 3 nitrogen and oxygen atoms in total. The molecule has 1 atom stereocenters. The molecule has 2 rings (SSSR count). The quantitative estimate of drug-likeness (QED) is 0.725. The molecule has 66 valence electrons. The molecule has 1 aliphatic rings. The second-order valence-electron chi connectivity index (χ2n) is 2.98. The summed E-state index contributed by atoms with van der Waals surface area (Å²) in [6, 6.07) is 0. The zero-order valence-corrected chi connectivity index (χ0v) is 7.73. The van der Waals surface area contributed by atoms with Crippen molar-refractivity contribution in [2.75, 3.05) is 13.1 Å². The molecule has 1 saturated heterocycles. The van der Waals surface area contributed by atoms with Crippen molar-refractivity contribution in [3.05, 3.63) is 12.4 Å². The lowest BCUT2D eigenvalue weighted by molar-refractivity contribution is 0.531. The van der Waals surface area contributed by atoms with Crippen molar-refractivity contribution in [1.82, 2.24) is 15.3 Å². The van der Waals surface area contributed by atoms with E-state index in [4.69, 9.17) is 0 Å². The molecule has 1 fully saturated rings. The van der Waals surface area contributed by atoms with Crippen molar-refractivity contribution in [1.29, 1.82) is 0 Å². The standard InChI is InChI=1S/C8H13N3S/c1-2-7(6-9-3-1)12-8-10-4-5-11-8/h4-5,7,9H,1-3,6H2,(H,10,11). The first-order valence-electron chi connectivity index (χ1n) is 4.32. The molecule has 1 unspecified atom stereocenters. The lowest BCUT2D eigenvalue weighted by Gasteiger charge is -2.20. The van der Waals surface area contributed by atoms with E-state index in [1.807, 2.05) is 18.0 Å². The lowest BCUT2D eigenvalue weighted by atomic mass is 10.2. The van der Waals surface area contributed by atoms with Gasteiger partial charge in [0.25, 0.3) is 0 Å². The summed E-state index contributed by atoms with van der Waals surface area (Å²) in [5.41, 5.74) is 0. The summed E-state index contributed by atoms with van der Waals surface area (Å²) < 4.78 is 0. The van der Waals surface area contributed by atoms with Crippen LogP contribution in [0.3, 0.4) is 0 Å². The number of H-pyrrole nitrogens is 1. The number of aromatic amines is 1. The van der Waals surface area contributed by atoms with Gasteiger partial charge in [-0.3, -0.25) is 0 Å². The highest BCUT2D eigenvalue weighted by atomic mass is 32.2. The molecule has 0 bridgehead atoms. The van der Waals surface area contributed by atoms with E-state index in [2.05, 4.69) is 15.3 Å². The van der Waals surface area contributed by atoms with Gasteiger partial charge in [0.15, 0.2) is 5.16 Å². The average molecular weight is 183 g/mol. The Morgan fingerprint density at radius 1 is 1.58 bits per heavy atom. The van der Waals surface area contributed by atoms with Crippen LogP contribution in [0.4, 0.5) is 0 Å². The molecule has 0 saturated carbocycles. The minimum absolute atomic E-state index is 0.699. The van der Waals surface area contributed by atoms with Crippen molar-refractivity contribution >= 4 is 11.8 Å². The van der Waals surface area contributed by atoms with Crippen LogP contribution in [0.25, 0.3) is 0 Å². The fraction of sp³-hybridized carbons (Fsp3) is 0.625.